The number of nitrogens with zero attached hydrogens (tertiary/aromatic N) is 1. The summed E-state index contributed by atoms with van der Waals surface area (Å²) >= 11 is 2.10. The van der Waals surface area contributed by atoms with Crippen LogP contribution >= 0.6 is 11.8 Å². The summed E-state index contributed by atoms with van der Waals surface area (Å²) in [6.07, 6.45) is 2.64. The van der Waals surface area contributed by atoms with E-state index >= 15 is 0 Å². The van der Waals surface area contributed by atoms with Crippen LogP contribution in [0.1, 0.15) is 40.5 Å². The summed E-state index contributed by atoms with van der Waals surface area (Å²) in [7, 11) is 0. The zero-order chi connectivity index (χ0) is 13.4. The lowest BCUT2D eigenvalue weighted by Crippen LogP contribution is -2.67. The summed E-state index contributed by atoms with van der Waals surface area (Å²) in [5.41, 5.74) is 6.85. The molecule has 18 heavy (non-hydrogen) atoms. The van der Waals surface area contributed by atoms with Gasteiger partial charge in [-0.1, -0.05) is 27.7 Å². The van der Waals surface area contributed by atoms with Gasteiger partial charge in [-0.3, -0.25) is 4.90 Å². The monoisotopic (exact) mass is 270 g/mol. The second-order valence-electron chi connectivity index (χ2n) is 7.11. The standard InChI is InChI=1S/C15H30N2S/c1-12-5-7-17(9-13(12)2)15(10-16)11-18-8-6-14(15,3)4/h12-13H,5-11,16H2,1-4H3. The first-order chi connectivity index (χ1) is 8.43. The van der Waals surface area contributed by atoms with Crippen molar-refractivity contribution >= 4 is 11.8 Å². The lowest BCUT2D eigenvalue weighted by atomic mass is 9.68. The van der Waals surface area contributed by atoms with Gasteiger partial charge in [-0.05, 0) is 42.4 Å². The first kappa shape index (κ1) is 14.7. The molecule has 3 unspecified atom stereocenters. The molecule has 2 nitrogen and oxygen atoms in total. The second kappa shape index (κ2) is 5.34. The molecule has 3 atom stereocenters. The quantitative estimate of drug-likeness (QED) is 0.836. The average molecular weight is 270 g/mol. The number of thioether (sulfide) groups is 1. The van der Waals surface area contributed by atoms with E-state index in [0.29, 0.717) is 5.41 Å². The summed E-state index contributed by atoms with van der Waals surface area (Å²) in [4.78, 5) is 2.74. The maximum Gasteiger partial charge on any atom is 0.0473 e. The molecule has 0 spiro atoms. The molecular weight excluding hydrogens is 240 g/mol. The zero-order valence-corrected chi connectivity index (χ0v) is 13.4. The number of hydrogen-bond acceptors (Lipinski definition) is 3. The molecule has 0 aromatic heterocycles. The van der Waals surface area contributed by atoms with Crippen molar-refractivity contribution in [2.45, 2.75) is 46.1 Å². The summed E-state index contributed by atoms with van der Waals surface area (Å²) in [6, 6.07) is 0. The minimum atomic E-state index is 0.227. The minimum absolute atomic E-state index is 0.227. The Bertz CT molecular complexity index is 292. The molecule has 0 aromatic rings. The molecule has 2 heterocycles. The van der Waals surface area contributed by atoms with Crippen LogP contribution in [0.15, 0.2) is 0 Å². The van der Waals surface area contributed by atoms with Gasteiger partial charge in [0, 0.05) is 24.4 Å². The van der Waals surface area contributed by atoms with Crippen LogP contribution in [0, 0.1) is 17.3 Å². The smallest absolute Gasteiger partial charge is 0.0473 e. The zero-order valence-electron chi connectivity index (χ0n) is 12.5. The van der Waals surface area contributed by atoms with Crippen molar-refractivity contribution in [3.63, 3.8) is 0 Å². The second-order valence-corrected chi connectivity index (χ2v) is 8.22. The van der Waals surface area contributed by atoms with Gasteiger partial charge in [-0.25, -0.2) is 0 Å². The van der Waals surface area contributed by atoms with Crippen molar-refractivity contribution in [1.29, 1.82) is 0 Å². The summed E-state index contributed by atoms with van der Waals surface area (Å²) in [5.74, 6) is 4.20. The topological polar surface area (TPSA) is 29.3 Å². The predicted octanol–water partition coefficient (Wildman–Crippen LogP) is 2.82. The highest BCUT2D eigenvalue weighted by molar-refractivity contribution is 7.99. The third-order valence-electron chi connectivity index (χ3n) is 5.75. The van der Waals surface area contributed by atoms with E-state index in [1.807, 2.05) is 0 Å². The minimum Gasteiger partial charge on any atom is -0.329 e. The van der Waals surface area contributed by atoms with Crippen molar-refractivity contribution in [2.24, 2.45) is 23.0 Å². The van der Waals surface area contributed by atoms with Gasteiger partial charge in [0.1, 0.15) is 0 Å². The number of piperidine rings is 1. The van der Waals surface area contributed by atoms with Crippen LogP contribution in [-0.4, -0.2) is 41.6 Å². The molecule has 2 N–H and O–H groups in total. The summed E-state index contributed by atoms with van der Waals surface area (Å²) in [5, 5.41) is 0. The van der Waals surface area contributed by atoms with Gasteiger partial charge in [-0.2, -0.15) is 11.8 Å². The van der Waals surface area contributed by atoms with E-state index in [0.717, 1.165) is 18.4 Å². The fourth-order valence-corrected chi connectivity index (χ4v) is 5.46. The highest BCUT2D eigenvalue weighted by Crippen LogP contribution is 2.47. The molecule has 0 aromatic carbocycles. The van der Waals surface area contributed by atoms with E-state index in [-0.39, 0.29) is 5.54 Å². The van der Waals surface area contributed by atoms with Crippen molar-refractivity contribution in [2.75, 3.05) is 31.1 Å². The molecule has 2 aliphatic rings. The number of rotatable bonds is 2. The van der Waals surface area contributed by atoms with Crippen molar-refractivity contribution < 1.29 is 0 Å². The highest BCUT2D eigenvalue weighted by atomic mass is 32.2. The van der Waals surface area contributed by atoms with Gasteiger partial charge < -0.3 is 5.73 Å². The van der Waals surface area contributed by atoms with E-state index in [4.69, 9.17) is 5.73 Å². The normalized spacial score (nSPS) is 41.8. The first-order valence-corrected chi connectivity index (χ1v) is 8.61. The predicted molar refractivity (Wildman–Crippen MR) is 82.0 cm³/mol. The van der Waals surface area contributed by atoms with Crippen LogP contribution in [-0.2, 0) is 0 Å². The molecule has 2 saturated heterocycles. The van der Waals surface area contributed by atoms with Crippen LogP contribution in [0.5, 0.6) is 0 Å². The highest BCUT2D eigenvalue weighted by Gasteiger charge is 2.50. The Morgan fingerprint density at radius 2 is 2.00 bits per heavy atom. The third kappa shape index (κ3) is 2.34. The lowest BCUT2D eigenvalue weighted by molar-refractivity contribution is -0.0334. The van der Waals surface area contributed by atoms with Crippen LogP contribution in [0.3, 0.4) is 0 Å². The molecule has 2 aliphatic heterocycles. The van der Waals surface area contributed by atoms with E-state index in [1.54, 1.807) is 0 Å². The number of hydrogen-bond donors (Lipinski definition) is 1. The molecule has 0 radical (unpaired) electrons. The largest absolute Gasteiger partial charge is 0.329 e. The van der Waals surface area contributed by atoms with Gasteiger partial charge in [0.05, 0.1) is 0 Å². The first-order valence-electron chi connectivity index (χ1n) is 7.46. The van der Waals surface area contributed by atoms with Gasteiger partial charge in [0.2, 0.25) is 0 Å². The number of likely N-dealkylation sites (tertiary alicyclic amines) is 1. The fourth-order valence-electron chi connectivity index (χ4n) is 3.63. The number of nitrogens with two attached hydrogens (primary N) is 1. The molecule has 2 fully saturated rings. The van der Waals surface area contributed by atoms with Crippen LogP contribution in [0.25, 0.3) is 0 Å². The molecule has 0 saturated carbocycles. The van der Waals surface area contributed by atoms with Crippen LogP contribution in [0.2, 0.25) is 0 Å². The Morgan fingerprint density at radius 1 is 1.28 bits per heavy atom. The van der Waals surface area contributed by atoms with Gasteiger partial charge in [0.15, 0.2) is 0 Å². The maximum absolute atomic E-state index is 6.27. The summed E-state index contributed by atoms with van der Waals surface area (Å²) < 4.78 is 0. The SMILES string of the molecule is CC1CCN(C2(CN)CSCCC2(C)C)CC1C. The fraction of sp³-hybridized carbons (Fsp3) is 1.00. The van der Waals surface area contributed by atoms with Crippen LogP contribution in [0.4, 0.5) is 0 Å². The van der Waals surface area contributed by atoms with Gasteiger partial charge >= 0.3 is 0 Å². The van der Waals surface area contributed by atoms with E-state index in [2.05, 4.69) is 44.4 Å². The molecule has 3 heteroatoms. The Hall–Kier alpha value is 0.270. The van der Waals surface area contributed by atoms with Gasteiger partial charge in [-0.15, -0.1) is 0 Å². The van der Waals surface area contributed by atoms with Crippen LogP contribution < -0.4 is 5.73 Å². The Balaban J connectivity index is 2.21. The van der Waals surface area contributed by atoms with E-state index < -0.39 is 0 Å². The third-order valence-corrected chi connectivity index (χ3v) is 6.92. The van der Waals surface area contributed by atoms with E-state index in [9.17, 15) is 0 Å². The maximum atomic E-state index is 6.27. The average Bonchev–Trinajstić information content (AvgIpc) is 2.33. The molecule has 2 rings (SSSR count). The van der Waals surface area contributed by atoms with Crippen molar-refractivity contribution in [3.8, 4) is 0 Å². The van der Waals surface area contributed by atoms with Gasteiger partial charge in [0.25, 0.3) is 0 Å². The molecule has 0 amide bonds. The van der Waals surface area contributed by atoms with Crippen molar-refractivity contribution in [1.82, 2.24) is 4.90 Å². The Labute approximate surface area is 117 Å². The van der Waals surface area contributed by atoms with Crippen molar-refractivity contribution in [3.05, 3.63) is 0 Å². The summed E-state index contributed by atoms with van der Waals surface area (Å²) in [6.45, 7) is 13.0. The lowest BCUT2D eigenvalue weighted by Gasteiger charge is -2.58. The Morgan fingerprint density at radius 3 is 2.56 bits per heavy atom. The Kier molecular flexibility index (Phi) is 4.35. The molecule has 0 bridgehead atoms. The molecule has 0 aliphatic carbocycles. The van der Waals surface area contributed by atoms with E-state index in [1.165, 1.54) is 37.4 Å². The molecular formula is C15H30N2S. The molecule has 106 valence electrons.